The van der Waals surface area contributed by atoms with Gasteiger partial charge in [0.2, 0.25) is 0 Å². The van der Waals surface area contributed by atoms with Gasteiger partial charge < -0.3 is 30.3 Å². The van der Waals surface area contributed by atoms with E-state index in [4.69, 9.17) is 41.4 Å². The fourth-order valence-corrected chi connectivity index (χ4v) is 6.77. The zero-order chi connectivity index (χ0) is 41.0. The maximum atomic E-state index is 11.0. The second-order valence-corrected chi connectivity index (χ2v) is 14.3. The Kier molecular flexibility index (Phi) is 14.0. The number of carboxylic acid groups (broad SMARTS) is 2. The number of pyridine rings is 2. The molecule has 6 rings (SSSR count). The Morgan fingerprint density at radius 2 is 1.48 bits per heavy atom. The quantitative estimate of drug-likeness (QED) is 0.0554. The van der Waals surface area contributed by atoms with Crippen LogP contribution in [0.25, 0.3) is 28.2 Å². The van der Waals surface area contributed by atoms with E-state index in [1.807, 2.05) is 42.6 Å². The van der Waals surface area contributed by atoms with Crippen LogP contribution in [0, 0.1) is 25.2 Å². The van der Waals surface area contributed by atoms with Crippen LogP contribution in [0.2, 0.25) is 5.02 Å². The van der Waals surface area contributed by atoms with Gasteiger partial charge in [-0.1, -0.05) is 54.1 Å². The number of benzene rings is 3. The number of aromatic nitrogens is 4. The molecule has 14 heteroatoms. The summed E-state index contributed by atoms with van der Waals surface area (Å²) in [4.78, 5) is 30.7. The Balaban J connectivity index is 1.18. The molecule has 0 saturated heterocycles. The number of ether oxygens (including phenoxy) is 2. The number of carbonyl (C=O) groups is 2. The SMILES string of the molecule is Cc1c(COc2cc(OCc3cncc(C#N)c3)c(CNCCCC(=O)O)cc2Cl)cccc1-c1cccc(-c2nc3ccc(CNCCCC(=O)O)cn3n2)c1C. The highest BCUT2D eigenvalue weighted by Gasteiger charge is 2.17. The largest absolute Gasteiger partial charge is 0.488 e. The van der Waals surface area contributed by atoms with E-state index in [1.54, 1.807) is 28.9 Å². The second-order valence-electron chi connectivity index (χ2n) is 13.9. The van der Waals surface area contributed by atoms with Gasteiger partial charge in [0.05, 0.1) is 10.6 Å². The number of fused-ring (bicyclic) bond motifs is 1. The molecule has 0 radical (unpaired) electrons. The molecule has 0 aliphatic carbocycles. The van der Waals surface area contributed by atoms with Gasteiger partial charge in [0, 0.05) is 67.3 Å². The fourth-order valence-electron chi connectivity index (χ4n) is 6.53. The second kappa shape index (κ2) is 19.7. The molecule has 0 atom stereocenters. The maximum absolute atomic E-state index is 11.0. The first-order valence-corrected chi connectivity index (χ1v) is 19.3. The molecule has 58 heavy (non-hydrogen) atoms. The molecular weight excluding hydrogens is 758 g/mol. The average Bonchev–Trinajstić information content (AvgIpc) is 3.63. The fraction of sp³-hybridized carbons (Fsp3) is 0.273. The third-order valence-corrected chi connectivity index (χ3v) is 9.95. The number of rotatable bonds is 20. The molecule has 0 bridgehead atoms. The Morgan fingerprint density at radius 1 is 0.793 bits per heavy atom. The van der Waals surface area contributed by atoms with Crippen LogP contribution in [0.5, 0.6) is 11.5 Å². The van der Waals surface area contributed by atoms with E-state index in [1.165, 1.54) is 6.20 Å². The van der Waals surface area contributed by atoms with Crippen molar-refractivity contribution < 1.29 is 29.3 Å². The molecule has 3 aromatic carbocycles. The minimum Gasteiger partial charge on any atom is -0.488 e. The van der Waals surface area contributed by atoms with Crippen molar-refractivity contribution in [2.24, 2.45) is 0 Å². The first-order valence-electron chi connectivity index (χ1n) is 18.9. The van der Waals surface area contributed by atoms with Crippen molar-refractivity contribution in [2.75, 3.05) is 13.1 Å². The van der Waals surface area contributed by atoms with Crippen molar-refractivity contribution in [3.05, 3.63) is 129 Å². The van der Waals surface area contributed by atoms with Crippen molar-refractivity contribution in [2.45, 2.75) is 65.8 Å². The lowest BCUT2D eigenvalue weighted by Gasteiger charge is -2.18. The van der Waals surface area contributed by atoms with Crippen LogP contribution in [0.3, 0.4) is 0 Å². The average molecular weight is 802 g/mol. The Hall–Kier alpha value is -6.33. The Labute approximate surface area is 341 Å². The first kappa shape index (κ1) is 41.3. The van der Waals surface area contributed by atoms with Crippen LogP contribution in [0.15, 0.2) is 85.3 Å². The number of hydrogen-bond acceptors (Lipinski definition) is 10. The number of carboxylic acids is 2. The lowest BCUT2D eigenvalue weighted by atomic mass is 9.91. The van der Waals surface area contributed by atoms with Crippen LogP contribution >= 0.6 is 11.6 Å². The standard InChI is InChI=1S/C44H44ClN7O6/c1-28-33(27-58-40-19-39(57-26-32-17-31(20-46)22-49-23-32)34(18-38(40)45)24-48-16-6-12-43(55)56)7-3-8-35(28)36-9-4-10-37(29(36)2)44-50-41-14-13-30(25-52(41)51-44)21-47-15-5-11-42(53)54/h3-4,7-10,13-14,17-19,22-23,25,47-48H,5-6,11-12,15-16,21,24,26-27H2,1-2H3,(H,53,54)(H,55,56). The number of nitrogens with one attached hydrogen (secondary N) is 2. The Bertz CT molecular complexity index is 2460. The van der Waals surface area contributed by atoms with Gasteiger partial charge in [0.1, 0.15) is 30.8 Å². The zero-order valence-electron chi connectivity index (χ0n) is 32.3. The number of aliphatic carboxylic acids is 2. The van der Waals surface area contributed by atoms with Gasteiger partial charge in [-0.15, -0.1) is 5.10 Å². The summed E-state index contributed by atoms with van der Waals surface area (Å²) in [7, 11) is 0. The van der Waals surface area contributed by atoms with Crippen LogP contribution < -0.4 is 20.1 Å². The van der Waals surface area contributed by atoms with Crippen molar-refractivity contribution in [1.82, 2.24) is 30.2 Å². The monoisotopic (exact) mass is 801 g/mol. The molecule has 3 aromatic heterocycles. The lowest BCUT2D eigenvalue weighted by Crippen LogP contribution is -2.16. The summed E-state index contributed by atoms with van der Waals surface area (Å²) in [6.07, 6.45) is 6.31. The van der Waals surface area contributed by atoms with Crippen LogP contribution in [-0.4, -0.2) is 54.8 Å². The summed E-state index contributed by atoms with van der Waals surface area (Å²) in [5.41, 5.74) is 9.74. The molecule has 298 valence electrons. The molecule has 0 amide bonds. The molecule has 0 spiro atoms. The summed E-state index contributed by atoms with van der Waals surface area (Å²) in [5, 5.41) is 38.9. The third kappa shape index (κ3) is 10.7. The molecule has 6 aromatic rings. The number of nitrogens with zero attached hydrogens (tertiary/aromatic N) is 5. The van der Waals surface area contributed by atoms with Gasteiger partial charge in [0.15, 0.2) is 11.5 Å². The highest BCUT2D eigenvalue weighted by Crippen LogP contribution is 2.36. The molecule has 4 N–H and O–H groups in total. The molecule has 3 heterocycles. The van der Waals surface area contributed by atoms with Gasteiger partial charge in [-0.25, -0.2) is 9.50 Å². The summed E-state index contributed by atoms with van der Waals surface area (Å²) < 4.78 is 14.4. The lowest BCUT2D eigenvalue weighted by molar-refractivity contribution is -0.138. The van der Waals surface area contributed by atoms with Crippen LogP contribution in [0.4, 0.5) is 0 Å². The zero-order valence-corrected chi connectivity index (χ0v) is 33.1. The van der Waals surface area contributed by atoms with Crippen molar-refractivity contribution in [3.63, 3.8) is 0 Å². The van der Waals surface area contributed by atoms with Crippen LogP contribution in [-0.2, 0) is 35.9 Å². The van der Waals surface area contributed by atoms with Crippen LogP contribution in [0.1, 0.15) is 64.6 Å². The van der Waals surface area contributed by atoms with E-state index in [0.717, 1.165) is 55.7 Å². The number of nitriles is 1. The first-order chi connectivity index (χ1) is 28.1. The van der Waals surface area contributed by atoms with Crippen molar-refractivity contribution in [1.29, 1.82) is 5.26 Å². The van der Waals surface area contributed by atoms with Gasteiger partial charge in [-0.2, -0.15) is 5.26 Å². The van der Waals surface area contributed by atoms with Gasteiger partial charge in [0.25, 0.3) is 0 Å². The highest BCUT2D eigenvalue weighted by atomic mass is 35.5. The van der Waals surface area contributed by atoms with Crippen molar-refractivity contribution >= 4 is 29.2 Å². The molecule has 0 aliphatic heterocycles. The maximum Gasteiger partial charge on any atom is 0.303 e. The highest BCUT2D eigenvalue weighted by molar-refractivity contribution is 6.32. The third-order valence-electron chi connectivity index (χ3n) is 9.65. The molecule has 0 aliphatic rings. The number of hydrogen-bond donors (Lipinski definition) is 4. The summed E-state index contributed by atoms with van der Waals surface area (Å²) >= 11 is 6.78. The van der Waals surface area contributed by atoms with E-state index in [-0.39, 0.29) is 26.1 Å². The van der Waals surface area contributed by atoms with E-state index < -0.39 is 11.9 Å². The minimum atomic E-state index is -0.845. The molecule has 0 unspecified atom stereocenters. The number of halogens is 1. The molecular formula is C44H44ClN7O6. The van der Waals surface area contributed by atoms with Gasteiger partial charge in [-0.3, -0.25) is 14.6 Å². The van der Waals surface area contributed by atoms with Gasteiger partial charge >= 0.3 is 11.9 Å². The molecule has 13 nitrogen and oxygen atoms in total. The normalized spacial score (nSPS) is 11.1. The molecule has 0 saturated carbocycles. The van der Waals surface area contributed by atoms with E-state index in [0.29, 0.717) is 66.9 Å². The predicted octanol–water partition coefficient (Wildman–Crippen LogP) is 7.67. The summed E-state index contributed by atoms with van der Waals surface area (Å²) in [6, 6.07) is 23.5. The topological polar surface area (TPSA) is 184 Å². The summed E-state index contributed by atoms with van der Waals surface area (Å²) in [6.45, 7) is 6.64. The minimum absolute atomic E-state index is 0.0670. The molecule has 0 fully saturated rings. The van der Waals surface area contributed by atoms with E-state index >= 15 is 0 Å². The smallest absolute Gasteiger partial charge is 0.303 e. The predicted molar refractivity (Wildman–Crippen MR) is 220 cm³/mol. The van der Waals surface area contributed by atoms with Gasteiger partial charge in [-0.05, 0) is 91.4 Å². The van der Waals surface area contributed by atoms with Crippen molar-refractivity contribution in [3.8, 4) is 40.1 Å². The Morgan fingerprint density at radius 3 is 2.22 bits per heavy atom. The van der Waals surface area contributed by atoms with E-state index in [2.05, 4.69) is 47.7 Å². The summed E-state index contributed by atoms with van der Waals surface area (Å²) in [5.74, 6) is -0.0558. The van der Waals surface area contributed by atoms with E-state index in [9.17, 15) is 14.9 Å².